The highest BCUT2D eigenvalue weighted by Crippen LogP contribution is 2.35. The van der Waals surface area contributed by atoms with E-state index in [9.17, 15) is 14.4 Å². The zero-order valence-electron chi connectivity index (χ0n) is 26.9. The predicted molar refractivity (Wildman–Crippen MR) is 182 cm³/mol. The average Bonchev–Trinajstić information content (AvgIpc) is 3.78. The summed E-state index contributed by atoms with van der Waals surface area (Å²) in [6, 6.07) is 5.70. The number of likely N-dealkylation sites (N-methyl/N-ethyl adjacent to an activating group) is 1. The van der Waals surface area contributed by atoms with Crippen molar-refractivity contribution in [2.75, 3.05) is 57.4 Å². The Labute approximate surface area is 280 Å². The molecule has 3 N–H and O–H groups in total. The van der Waals surface area contributed by atoms with E-state index in [2.05, 4.69) is 27.5 Å². The molecule has 0 saturated carbocycles. The number of piperidine rings is 2. The molecule has 4 amide bonds. The first-order valence-electron chi connectivity index (χ1n) is 16.8. The third-order valence-electron chi connectivity index (χ3n) is 11.3. The smallest absolute Gasteiger partial charge is 0.322 e. The van der Waals surface area contributed by atoms with Crippen LogP contribution in [0.4, 0.5) is 16.2 Å². The van der Waals surface area contributed by atoms with Crippen LogP contribution in [0.5, 0.6) is 0 Å². The summed E-state index contributed by atoms with van der Waals surface area (Å²) in [7, 11) is 2.23. The standard InChI is InChI=1S/C34H46ClN7O3S/c1-21-11-22(13-29(35)32(21)36)12-23(33(44)40-9-5-25(6-10-40)41-18-27-15-28(41)17-38(27)2)14-31(43)39-7-3-26(4-8-39)42-16-24-19-46-20-30(24)37-34(42)45/h11,13,19-20,23,25-28H,3-10,12,14-18,36H2,1-2H3,(H,37,45)/t23-,27?,28?/m0/s1. The zero-order chi connectivity index (χ0) is 32.1. The molecule has 5 aliphatic heterocycles. The maximum atomic E-state index is 14.2. The molecule has 10 nitrogen and oxygen atoms in total. The summed E-state index contributed by atoms with van der Waals surface area (Å²) < 4.78 is 0. The highest BCUT2D eigenvalue weighted by molar-refractivity contribution is 7.08. The molecule has 2 bridgehead atoms. The molecule has 2 aromatic rings. The first-order chi connectivity index (χ1) is 22.1. The third kappa shape index (κ3) is 6.23. The second-order valence-electron chi connectivity index (χ2n) is 14.1. The number of nitrogen functional groups attached to an aromatic ring is 1. The van der Waals surface area contributed by atoms with E-state index in [-0.39, 0.29) is 30.3 Å². The number of hydrogen-bond acceptors (Lipinski definition) is 7. The number of carbonyl (C=O) groups is 3. The van der Waals surface area contributed by atoms with Gasteiger partial charge >= 0.3 is 6.03 Å². The molecule has 0 radical (unpaired) electrons. The molecule has 248 valence electrons. The number of halogens is 1. The Bertz CT molecular complexity index is 1460. The van der Waals surface area contributed by atoms with Gasteiger partial charge in [0.1, 0.15) is 0 Å². The van der Waals surface area contributed by atoms with Crippen LogP contribution in [-0.4, -0.2) is 113 Å². The third-order valence-corrected chi connectivity index (χ3v) is 12.4. The molecule has 4 saturated heterocycles. The van der Waals surface area contributed by atoms with Crippen molar-refractivity contribution in [3.05, 3.63) is 44.6 Å². The number of nitrogens with one attached hydrogen (secondary N) is 1. The summed E-state index contributed by atoms with van der Waals surface area (Å²) in [5.41, 5.74) is 10.5. The van der Waals surface area contributed by atoms with Gasteiger partial charge in [-0.15, -0.1) is 11.3 Å². The van der Waals surface area contributed by atoms with Crippen molar-refractivity contribution >= 4 is 52.2 Å². The van der Waals surface area contributed by atoms with E-state index in [1.54, 1.807) is 11.3 Å². The van der Waals surface area contributed by atoms with E-state index in [4.69, 9.17) is 17.3 Å². The van der Waals surface area contributed by atoms with Gasteiger partial charge < -0.3 is 30.7 Å². The lowest BCUT2D eigenvalue weighted by molar-refractivity contribution is -0.143. The lowest BCUT2D eigenvalue weighted by Crippen LogP contribution is -2.54. The topological polar surface area (TPSA) is 105 Å². The van der Waals surface area contributed by atoms with Gasteiger partial charge in [0.2, 0.25) is 11.8 Å². The Kier molecular flexibility index (Phi) is 8.95. The number of nitrogens with zero attached hydrogens (tertiary/aromatic N) is 5. The highest BCUT2D eigenvalue weighted by Gasteiger charge is 2.45. The Morgan fingerprint density at radius 2 is 1.72 bits per heavy atom. The summed E-state index contributed by atoms with van der Waals surface area (Å²) in [5.74, 6) is -0.404. The normalized spacial score (nSPS) is 25.2. The number of piperazine rings is 1. The molecule has 4 fully saturated rings. The van der Waals surface area contributed by atoms with E-state index in [1.165, 1.54) is 6.42 Å². The number of fused-ring (bicyclic) bond motifs is 3. The van der Waals surface area contributed by atoms with Crippen LogP contribution in [0.2, 0.25) is 5.02 Å². The Morgan fingerprint density at radius 3 is 2.39 bits per heavy atom. The van der Waals surface area contributed by atoms with Crippen LogP contribution in [0.15, 0.2) is 22.9 Å². The van der Waals surface area contributed by atoms with E-state index in [0.29, 0.717) is 54.9 Å². The van der Waals surface area contributed by atoms with Crippen LogP contribution in [0.3, 0.4) is 0 Å². The lowest BCUT2D eigenvalue weighted by Gasteiger charge is -2.42. The maximum Gasteiger partial charge on any atom is 0.322 e. The number of rotatable bonds is 7. The van der Waals surface area contributed by atoms with Crippen molar-refractivity contribution < 1.29 is 14.4 Å². The molecule has 7 rings (SSSR count). The summed E-state index contributed by atoms with van der Waals surface area (Å²) in [6.07, 6.45) is 5.29. The van der Waals surface area contributed by atoms with Crippen molar-refractivity contribution in [3.8, 4) is 0 Å². The van der Waals surface area contributed by atoms with E-state index < -0.39 is 5.92 Å². The van der Waals surface area contributed by atoms with Crippen LogP contribution in [0.25, 0.3) is 0 Å². The highest BCUT2D eigenvalue weighted by atomic mass is 35.5. The average molecular weight is 668 g/mol. The van der Waals surface area contributed by atoms with Gasteiger partial charge in [0.05, 0.1) is 28.9 Å². The number of thiophene rings is 1. The van der Waals surface area contributed by atoms with E-state index in [1.807, 2.05) is 39.1 Å². The number of nitrogens with two attached hydrogens (primary N) is 1. The minimum absolute atomic E-state index is 0.00498. The quantitative estimate of drug-likeness (QED) is 0.428. The van der Waals surface area contributed by atoms with Crippen molar-refractivity contribution in [3.63, 3.8) is 0 Å². The van der Waals surface area contributed by atoms with Crippen LogP contribution >= 0.6 is 22.9 Å². The predicted octanol–water partition coefficient (Wildman–Crippen LogP) is 4.26. The van der Waals surface area contributed by atoms with Crippen molar-refractivity contribution in [1.29, 1.82) is 0 Å². The van der Waals surface area contributed by atoms with Crippen molar-refractivity contribution in [1.82, 2.24) is 24.5 Å². The minimum Gasteiger partial charge on any atom is -0.397 e. The Balaban J connectivity index is 0.990. The zero-order valence-corrected chi connectivity index (χ0v) is 28.5. The number of aryl methyl sites for hydroxylation is 1. The molecule has 0 aliphatic carbocycles. The van der Waals surface area contributed by atoms with Gasteiger partial charge in [-0.25, -0.2) is 4.79 Å². The largest absolute Gasteiger partial charge is 0.397 e. The molecule has 6 heterocycles. The van der Waals surface area contributed by atoms with Gasteiger partial charge in [-0.1, -0.05) is 17.7 Å². The first kappa shape index (κ1) is 31.7. The van der Waals surface area contributed by atoms with Gasteiger partial charge in [0, 0.05) is 80.8 Å². The SMILES string of the molecule is Cc1cc(C[C@@H](CC(=O)N2CCC(N3Cc4cscc4NC3=O)CC2)C(=O)N2CCC(N3CC4CC3CN4C)CC2)cc(Cl)c1N. The number of anilines is 2. The summed E-state index contributed by atoms with van der Waals surface area (Å²) >= 11 is 8.04. The number of urea groups is 1. The Morgan fingerprint density at radius 1 is 1.00 bits per heavy atom. The summed E-state index contributed by atoms with van der Waals surface area (Å²) in [6.45, 7) is 7.44. The summed E-state index contributed by atoms with van der Waals surface area (Å²) in [5, 5.41) is 7.55. The molecule has 1 aromatic carbocycles. The molecule has 12 heteroatoms. The monoisotopic (exact) mass is 667 g/mol. The molecular weight excluding hydrogens is 622 g/mol. The number of carbonyl (C=O) groups excluding carboxylic acids is 3. The van der Waals surface area contributed by atoms with Crippen molar-refractivity contribution in [2.24, 2.45) is 5.92 Å². The lowest BCUT2D eigenvalue weighted by atomic mass is 9.91. The van der Waals surface area contributed by atoms with Gasteiger partial charge in [0.15, 0.2) is 0 Å². The van der Waals surface area contributed by atoms with Crippen LogP contribution < -0.4 is 11.1 Å². The Hall–Kier alpha value is -2.86. The number of benzene rings is 1. The number of amides is 4. The first-order valence-corrected chi connectivity index (χ1v) is 18.2. The second-order valence-corrected chi connectivity index (χ2v) is 15.3. The molecule has 2 unspecified atom stereocenters. The molecule has 0 spiro atoms. The molecule has 3 atom stereocenters. The second kappa shape index (κ2) is 13.0. The molecular formula is C34H46ClN7O3S. The summed E-state index contributed by atoms with van der Waals surface area (Å²) in [4.78, 5) is 51.7. The van der Waals surface area contributed by atoms with Gasteiger partial charge in [-0.05, 0) is 75.1 Å². The van der Waals surface area contributed by atoms with Gasteiger partial charge in [-0.2, -0.15) is 0 Å². The van der Waals surface area contributed by atoms with Crippen LogP contribution in [-0.2, 0) is 22.6 Å². The van der Waals surface area contributed by atoms with Crippen LogP contribution in [0.1, 0.15) is 55.2 Å². The van der Waals surface area contributed by atoms with Crippen molar-refractivity contribution in [2.45, 2.75) is 82.6 Å². The fraction of sp³-hybridized carbons (Fsp3) is 0.618. The molecule has 46 heavy (non-hydrogen) atoms. The molecule has 5 aliphatic rings. The van der Waals surface area contributed by atoms with E-state index >= 15 is 0 Å². The van der Waals surface area contributed by atoms with Gasteiger partial charge in [0.25, 0.3) is 0 Å². The number of hydrogen-bond donors (Lipinski definition) is 2. The van der Waals surface area contributed by atoms with Crippen LogP contribution in [0, 0.1) is 12.8 Å². The fourth-order valence-electron chi connectivity index (χ4n) is 8.56. The van der Waals surface area contributed by atoms with Gasteiger partial charge in [-0.3, -0.25) is 14.5 Å². The maximum absolute atomic E-state index is 14.2. The van der Waals surface area contributed by atoms with E-state index in [0.717, 1.165) is 74.2 Å². The minimum atomic E-state index is -0.470. The molecule has 1 aromatic heterocycles. The number of likely N-dealkylation sites (tertiary alicyclic amines) is 4. The fourth-order valence-corrected chi connectivity index (χ4v) is 9.62.